The zero-order valence-electron chi connectivity index (χ0n) is 13.3. The number of piperidine rings is 1. The van der Waals surface area contributed by atoms with Crippen LogP contribution in [0.5, 0.6) is 0 Å². The molecule has 4 unspecified atom stereocenters. The average molecular weight is 321 g/mol. The minimum Gasteiger partial charge on any atom is -0.354 e. The maximum absolute atomic E-state index is 12.5. The molecular weight excluding hydrogens is 298 g/mol. The molecule has 3 fully saturated rings. The van der Waals surface area contributed by atoms with Gasteiger partial charge >= 0.3 is 0 Å². The highest BCUT2D eigenvalue weighted by molar-refractivity contribution is 6.08. The Morgan fingerprint density at radius 3 is 2.26 bits per heavy atom. The molecule has 1 aliphatic carbocycles. The number of nitrogens with one attached hydrogen (secondary N) is 2. The van der Waals surface area contributed by atoms with Gasteiger partial charge in [0.2, 0.25) is 23.6 Å². The Hall–Kier alpha value is -1.92. The first-order valence-electron chi connectivity index (χ1n) is 8.45. The van der Waals surface area contributed by atoms with Crippen LogP contribution in [0.3, 0.4) is 0 Å². The van der Waals surface area contributed by atoms with E-state index >= 15 is 0 Å². The van der Waals surface area contributed by atoms with Gasteiger partial charge in [0, 0.05) is 6.54 Å². The Labute approximate surface area is 135 Å². The van der Waals surface area contributed by atoms with E-state index < -0.39 is 18.0 Å². The summed E-state index contributed by atoms with van der Waals surface area (Å²) in [5, 5.41) is 5.37. The van der Waals surface area contributed by atoms with E-state index in [9.17, 15) is 19.2 Å². The largest absolute Gasteiger partial charge is 0.354 e. The smallest absolute Gasteiger partial charge is 0.243 e. The molecule has 2 heterocycles. The van der Waals surface area contributed by atoms with E-state index in [0.29, 0.717) is 13.0 Å². The van der Waals surface area contributed by atoms with Gasteiger partial charge in [0.15, 0.2) is 0 Å². The van der Waals surface area contributed by atoms with Crippen LogP contribution < -0.4 is 10.6 Å². The SMILES string of the molecule is CC(C(=O)NC1CCCNC1=O)N1C(=O)C2CCCCC2C1=O. The monoisotopic (exact) mass is 321 g/mol. The van der Waals surface area contributed by atoms with Crippen molar-refractivity contribution in [3.05, 3.63) is 0 Å². The van der Waals surface area contributed by atoms with E-state index in [1.54, 1.807) is 6.92 Å². The predicted octanol–water partition coefficient (Wildman–Crippen LogP) is -0.0551. The molecule has 7 nitrogen and oxygen atoms in total. The third kappa shape index (κ3) is 2.84. The molecule has 2 saturated heterocycles. The first-order valence-corrected chi connectivity index (χ1v) is 8.45. The molecule has 0 bridgehead atoms. The number of rotatable bonds is 3. The van der Waals surface area contributed by atoms with Crippen molar-refractivity contribution in [2.75, 3.05) is 6.54 Å². The molecular formula is C16H23N3O4. The molecule has 0 aromatic carbocycles. The fourth-order valence-electron chi connectivity index (χ4n) is 3.89. The van der Waals surface area contributed by atoms with Crippen LogP contribution in [-0.2, 0) is 19.2 Å². The van der Waals surface area contributed by atoms with Crippen molar-refractivity contribution in [1.82, 2.24) is 15.5 Å². The number of fused-ring (bicyclic) bond motifs is 1. The molecule has 3 aliphatic rings. The number of amides is 4. The third-order valence-electron chi connectivity index (χ3n) is 5.24. The lowest BCUT2D eigenvalue weighted by Gasteiger charge is -2.27. The minimum absolute atomic E-state index is 0.204. The van der Waals surface area contributed by atoms with Crippen molar-refractivity contribution in [2.24, 2.45) is 11.8 Å². The summed E-state index contributed by atoms with van der Waals surface area (Å²) < 4.78 is 0. The van der Waals surface area contributed by atoms with Crippen LogP contribution in [0.1, 0.15) is 45.4 Å². The Morgan fingerprint density at radius 2 is 1.70 bits per heavy atom. The molecule has 1 saturated carbocycles. The van der Waals surface area contributed by atoms with Gasteiger partial charge in [0.05, 0.1) is 11.8 Å². The molecule has 3 rings (SSSR count). The Balaban J connectivity index is 1.68. The number of carbonyl (C=O) groups excluding carboxylic acids is 4. The minimum atomic E-state index is -0.865. The highest BCUT2D eigenvalue weighted by atomic mass is 16.2. The number of hydrogen-bond acceptors (Lipinski definition) is 4. The van der Waals surface area contributed by atoms with Crippen molar-refractivity contribution in [1.29, 1.82) is 0 Å². The fraction of sp³-hybridized carbons (Fsp3) is 0.750. The second-order valence-electron chi connectivity index (χ2n) is 6.71. The van der Waals surface area contributed by atoms with Gasteiger partial charge in [-0.25, -0.2) is 0 Å². The summed E-state index contributed by atoms with van der Waals surface area (Å²) in [6, 6.07) is -1.44. The average Bonchev–Trinajstić information content (AvgIpc) is 2.81. The lowest BCUT2D eigenvalue weighted by molar-refractivity contribution is -0.147. The molecule has 4 amide bonds. The van der Waals surface area contributed by atoms with E-state index in [-0.39, 0.29) is 29.6 Å². The van der Waals surface area contributed by atoms with Crippen LogP contribution in [0, 0.1) is 11.8 Å². The molecule has 2 N–H and O–H groups in total. The van der Waals surface area contributed by atoms with Crippen LogP contribution >= 0.6 is 0 Å². The summed E-state index contributed by atoms with van der Waals surface area (Å²) in [6.45, 7) is 2.18. The van der Waals surface area contributed by atoms with Gasteiger partial charge in [-0.3, -0.25) is 24.1 Å². The standard InChI is InChI=1S/C16H23N3O4/c1-9(13(20)18-12-7-4-8-17-14(12)21)19-15(22)10-5-2-3-6-11(10)16(19)23/h9-12H,2-8H2,1H3,(H,17,21)(H,18,20). The molecule has 2 aliphatic heterocycles. The number of carbonyl (C=O) groups is 4. The van der Waals surface area contributed by atoms with E-state index in [4.69, 9.17) is 0 Å². The molecule has 0 aromatic rings. The first kappa shape index (κ1) is 16.0. The van der Waals surface area contributed by atoms with E-state index in [1.165, 1.54) is 0 Å². The van der Waals surface area contributed by atoms with Gasteiger partial charge in [0.1, 0.15) is 12.1 Å². The second-order valence-corrected chi connectivity index (χ2v) is 6.71. The van der Waals surface area contributed by atoms with Gasteiger partial charge in [-0.2, -0.15) is 0 Å². The maximum Gasteiger partial charge on any atom is 0.243 e. The van der Waals surface area contributed by atoms with Crippen molar-refractivity contribution in [3.63, 3.8) is 0 Å². The van der Waals surface area contributed by atoms with Crippen LogP contribution in [0.15, 0.2) is 0 Å². The molecule has 0 aromatic heterocycles. The Kier molecular flexibility index (Phi) is 4.37. The number of hydrogen-bond donors (Lipinski definition) is 2. The van der Waals surface area contributed by atoms with Crippen LogP contribution in [0.4, 0.5) is 0 Å². The second kappa shape index (κ2) is 6.29. The number of imide groups is 1. The van der Waals surface area contributed by atoms with Crippen molar-refractivity contribution < 1.29 is 19.2 Å². The third-order valence-corrected chi connectivity index (χ3v) is 5.24. The summed E-state index contributed by atoms with van der Waals surface area (Å²) in [4.78, 5) is 50.3. The molecule has 126 valence electrons. The summed E-state index contributed by atoms with van der Waals surface area (Å²) in [5.41, 5.74) is 0. The fourth-order valence-corrected chi connectivity index (χ4v) is 3.89. The summed E-state index contributed by atoms with van der Waals surface area (Å²) in [5.74, 6) is -1.61. The molecule has 7 heteroatoms. The Bertz CT molecular complexity index is 523. The summed E-state index contributed by atoms with van der Waals surface area (Å²) >= 11 is 0. The summed E-state index contributed by atoms with van der Waals surface area (Å²) in [7, 11) is 0. The highest BCUT2D eigenvalue weighted by Gasteiger charge is 2.51. The molecule has 4 atom stereocenters. The molecule has 23 heavy (non-hydrogen) atoms. The number of nitrogens with zero attached hydrogens (tertiary/aromatic N) is 1. The van der Waals surface area contributed by atoms with E-state index in [0.717, 1.165) is 37.0 Å². The Morgan fingerprint density at radius 1 is 1.09 bits per heavy atom. The van der Waals surface area contributed by atoms with Crippen molar-refractivity contribution in [2.45, 2.75) is 57.5 Å². The lowest BCUT2D eigenvalue weighted by Crippen LogP contribution is -2.55. The quantitative estimate of drug-likeness (QED) is 0.712. The molecule has 0 spiro atoms. The van der Waals surface area contributed by atoms with Gasteiger partial charge in [0.25, 0.3) is 0 Å². The normalized spacial score (nSPS) is 32.3. The van der Waals surface area contributed by atoms with Crippen LogP contribution in [0.25, 0.3) is 0 Å². The van der Waals surface area contributed by atoms with E-state index in [1.807, 2.05) is 0 Å². The molecule has 0 radical (unpaired) electrons. The van der Waals surface area contributed by atoms with Gasteiger partial charge in [-0.15, -0.1) is 0 Å². The lowest BCUT2D eigenvalue weighted by atomic mass is 9.81. The van der Waals surface area contributed by atoms with E-state index in [2.05, 4.69) is 10.6 Å². The van der Waals surface area contributed by atoms with Crippen LogP contribution in [-0.4, -0.2) is 47.2 Å². The highest BCUT2D eigenvalue weighted by Crippen LogP contribution is 2.38. The van der Waals surface area contributed by atoms with Gasteiger partial charge in [-0.05, 0) is 32.6 Å². The maximum atomic E-state index is 12.5. The van der Waals surface area contributed by atoms with Crippen LogP contribution in [0.2, 0.25) is 0 Å². The number of likely N-dealkylation sites (tertiary alicyclic amines) is 1. The van der Waals surface area contributed by atoms with Gasteiger partial charge < -0.3 is 10.6 Å². The first-order chi connectivity index (χ1) is 11.0. The van der Waals surface area contributed by atoms with Crippen molar-refractivity contribution >= 4 is 23.6 Å². The zero-order chi connectivity index (χ0) is 16.6. The topological polar surface area (TPSA) is 95.6 Å². The van der Waals surface area contributed by atoms with Gasteiger partial charge in [-0.1, -0.05) is 12.8 Å². The zero-order valence-corrected chi connectivity index (χ0v) is 13.3. The van der Waals surface area contributed by atoms with Crippen molar-refractivity contribution in [3.8, 4) is 0 Å². The summed E-state index contributed by atoms with van der Waals surface area (Å²) in [6.07, 6.45) is 4.75. The predicted molar refractivity (Wildman–Crippen MR) is 80.9 cm³/mol.